The Kier molecular flexibility index (Phi) is 6.14. The van der Waals surface area contributed by atoms with Gasteiger partial charge in [0.2, 0.25) is 0 Å². The van der Waals surface area contributed by atoms with Gasteiger partial charge in [0, 0.05) is 12.5 Å². The standard InChI is InChI=1S/C13H17ClO/c1-2-12-7-3-4-8-13(12)11-15-10-6-5-9-14/h2-4,7-8H,1,5-6,9-11H2. The van der Waals surface area contributed by atoms with Gasteiger partial charge in [-0.2, -0.15) is 0 Å². The summed E-state index contributed by atoms with van der Waals surface area (Å²) in [6, 6.07) is 8.14. The summed E-state index contributed by atoms with van der Waals surface area (Å²) in [5.74, 6) is 0.715. The van der Waals surface area contributed by atoms with Crippen LogP contribution in [0, 0.1) is 0 Å². The summed E-state index contributed by atoms with van der Waals surface area (Å²) in [5.41, 5.74) is 2.34. The molecule has 0 unspecified atom stereocenters. The van der Waals surface area contributed by atoms with Crippen LogP contribution in [0.4, 0.5) is 0 Å². The zero-order valence-electron chi connectivity index (χ0n) is 8.92. The highest BCUT2D eigenvalue weighted by atomic mass is 35.5. The molecule has 1 nitrogen and oxygen atoms in total. The van der Waals surface area contributed by atoms with Crippen LogP contribution in [0.5, 0.6) is 0 Å². The zero-order valence-corrected chi connectivity index (χ0v) is 9.67. The average molecular weight is 225 g/mol. The van der Waals surface area contributed by atoms with Crippen molar-refractivity contribution in [3.8, 4) is 0 Å². The van der Waals surface area contributed by atoms with E-state index >= 15 is 0 Å². The predicted molar refractivity (Wildman–Crippen MR) is 66.1 cm³/mol. The van der Waals surface area contributed by atoms with Crippen LogP contribution in [0.2, 0.25) is 0 Å². The SMILES string of the molecule is C=Cc1ccccc1COCCCCCl. The van der Waals surface area contributed by atoms with E-state index in [9.17, 15) is 0 Å². The summed E-state index contributed by atoms with van der Waals surface area (Å²) >= 11 is 5.58. The molecule has 2 heteroatoms. The molecule has 1 rings (SSSR count). The minimum atomic E-state index is 0.657. The molecule has 0 saturated heterocycles. The summed E-state index contributed by atoms with van der Waals surface area (Å²) in [4.78, 5) is 0. The molecular weight excluding hydrogens is 208 g/mol. The molecule has 1 aromatic carbocycles. The third-order valence-corrected chi connectivity index (χ3v) is 2.47. The van der Waals surface area contributed by atoms with Crippen molar-refractivity contribution in [3.05, 3.63) is 42.0 Å². The van der Waals surface area contributed by atoms with Gasteiger partial charge in [-0.05, 0) is 24.0 Å². The van der Waals surface area contributed by atoms with Crippen LogP contribution < -0.4 is 0 Å². The van der Waals surface area contributed by atoms with Crippen molar-refractivity contribution in [2.75, 3.05) is 12.5 Å². The second-order valence-corrected chi connectivity index (χ2v) is 3.73. The molecule has 0 fully saturated rings. The summed E-state index contributed by atoms with van der Waals surface area (Å²) in [6.07, 6.45) is 3.90. The van der Waals surface area contributed by atoms with Gasteiger partial charge in [0.25, 0.3) is 0 Å². The lowest BCUT2D eigenvalue weighted by Crippen LogP contribution is -1.97. The number of alkyl halides is 1. The zero-order chi connectivity index (χ0) is 10.9. The molecule has 15 heavy (non-hydrogen) atoms. The number of unbranched alkanes of at least 4 members (excludes halogenated alkanes) is 1. The minimum Gasteiger partial charge on any atom is -0.377 e. The average Bonchev–Trinajstić information content (AvgIpc) is 2.29. The Labute approximate surface area is 96.7 Å². The molecule has 0 aliphatic carbocycles. The summed E-state index contributed by atoms with van der Waals surface area (Å²) in [6.45, 7) is 5.21. The molecule has 0 radical (unpaired) electrons. The lowest BCUT2D eigenvalue weighted by molar-refractivity contribution is 0.118. The van der Waals surface area contributed by atoms with Crippen molar-refractivity contribution in [1.82, 2.24) is 0 Å². The summed E-state index contributed by atoms with van der Waals surface area (Å²) in [7, 11) is 0. The van der Waals surface area contributed by atoms with Crippen molar-refractivity contribution in [2.45, 2.75) is 19.4 Å². The van der Waals surface area contributed by atoms with Gasteiger partial charge in [-0.25, -0.2) is 0 Å². The maximum absolute atomic E-state index is 5.58. The van der Waals surface area contributed by atoms with Crippen LogP contribution in [0.1, 0.15) is 24.0 Å². The van der Waals surface area contributed by atoms with Gasteiger partial charge in [0.1, 0.15) is 0 Å². The van der Waals surface area contributed by atoms with Crippen molar-refractivity contribution in [2.24, 2.45) is 0 Å². The minimum absolute atomic E-state index is 0.657. The second-order valence-electron chi connectivity index (χ2n) is 3.35. The van der Waals surface area contributed by atoms with E-state index in [2.05, 4.69) is 12.6 Å². The monoisotopic (exact) mass is 224 g/mol. The second kappa shape index (κ2) is 7.49. The molecule has 0 spiro atoms. The first kappa shape index (κ1) is 12.3. The molecule has 82 valence electrons. The van der Waals surface area contributed by atoms with E-state index in [0.29, 0.717) is 12.5 Å². The number of ether oxygens (including phenoxy) is 1. The Morgan fingerprint density at radius 3 is 2.80 bits per heavy atom. The summed E-state index contributed by atoms with van der Waals surface area (Å²) < 4.78 is 5.56. The van der Waals surface area contributed by atoms with Gasteiger partial charge in [-0.3, -0.25) is 0 Å². The lowest BCUT2D eigenvalue weighted by atomic mass is 10.1. The molecule has 0 bridgehead atoms. The normalized spacial score (nSPS) is 10.2. The van der Waals surface area contributed by atoms with Crippen LogP contribution in [0.15, 0.2) is 30.8 Å². The lowest BCUT2D eigenvalue weighted by Gasteiger charge is -2.06. The fraction of sp³-hybridized carbons (Fsp3) is 0.385. The van der Waals surface area contributed by atoms with E-state index in [-0.39, 0.29) is 0 Å². The van der Waals surface area contributed by atoms with Crippen molar-refractivity contribution >= 4 is 17.7 Å². The smallest absolute Gasteiger partial charge is 0.0722 e. The first-order valence-corrected chi connectivity index (χ1v) is 5.76. The number of halogens is 1. The van der Waals surface area contributed by atoms with Gasteiger partial charge in [-0.15, -0.1) is 11.6 Å². The maximum Gasteiger partial charge on any atom is 0.0722 e. The topological polar surface area (TPSA) is 9.23 Å². The molecule has 0 atom stereocenters. The molecular formula is C13H17ClO. The number of benzene rings is 1. The molecule has 1 aromatic rings. The maximum atomic E-state index is 5.58. The van der Waals surface area contributed by atoms with Crippen LogP contribution >= 0.6 is 11.6 Å². The fourth-order valence-corrected chi connectivity index (χ4v) is 1.53. The molecule has 0 aliphatic heterocycles. The predicted octanol–water partition coefficient (Wildman–Crippen LogP) is 3.87. The first-order chi connectivity index (χ1) is 7.38. The Bertz CT molecular complexity index is 296. The van der Waals surface area contributed by atoms with Crippen molar-refractivity contribution in [1.29, 1.82) is 0 Å². The molecule has 0 aromatic heterocycles. The quantitative estimate of drug-likeness (QED) is 0.505. The largest absolute Gasteiger partial charge is 0.377 e. The molecule has 0 saturated carbocycles. The van der Waals surface area contributed by atoms with Gasteiger partial charge in [0.05, 0.1) is 6.61 Å². The van der Waals surface area contributed by atoms with E-state index in [4.69, 9.17) is 16.3 Å². The fourth-order valence-electron chi connectivity index (χ4n) is 1.35. The third kappa shape index (κ3) is 4.50. The Morgan fingerprint density at radius 1 is 1.27 bits per heavy atom. The number of rotatable bonds is 7. The van der Waals surface area contributed by atoms with E-state index in [0.717, 1.165) is 25.0 Å². The number of hydrogen-bond donors (Lipinski definition) is 0. The van der Waals surface area contributed by atoms with Crippen molar-refractivity contribution in [3.63, 3.8) is 0 Å². The Morgan fingerprint density at radius 2 is 2.07 bits per heavy atom. The van der Waals surface area contributed by atoms with E-state index in [1.807, 2.05) is 24.3 Å². The molecule has 0 N–H and O–H groups in total. The van der Waals surface area contributed by atoms with E-state index in [1.165, 1.54) is 5.56 Å². The van der Waals surface area contributed by atoms with E-state index in [1.54, 1.807) is 0 Å². The van der Waals surface area contributed by atoms with Crippen LogP contribution in [0.3, 0.4) is 0 Å². The highest BCUT2D eigenvalue weighted by Crippen LogP contribution is 2.11. The highest BCUT2D eigenvalue weighted by Gasteiger charge is 1.97. The first-order valence-electron chi connectivity index (χ1n) is 5.22. The molecule has 0 aliphatic rings. The van der Waals surface area contributed by atoms with Crippen molar-refractivity contribution < 1.29 is 4.74 Å². The highest BCUT2D eigenvalue weighted by molar-refractivity contribution is 6.17. The van der Waals surface area contributed by atoms with Crippen LogP contribution in [-0.4, -0.2) is 12.5 Å². The Balaban J connectivity index is 2.33. The van der Waals surface area contributed by atoms with Gasteiger partial charge in [-0.1, -0.05) is 36.9 Å². The van der Waals surface area contributed by atoms with Gasteiger partial charge >= 0.3 is 0 Å². The summed E-state index contributed by atoms with van der Waals surface area (Å²) in [5, 5.41) is 0. The molecule has 0 amide bonds. The number of hydrogen-bond acceptors (Lipinski definition) is 1. The van der Waals surface area contributed by atoms with Crippen LogP contribution in [0.25, 0.3) is 6.08 Å². The van der Waals surface area contributed by atoms with Gasteiger partial charge in [0.15, 0.2) is 0 Å². The van der Waals surface area contributed by atoms with Crippen LogP contribution in [-0.2, 0) is 11.3 Å². The molecule has 0 heterocycles. The Hall–Kier alpha value is -0.790. The third-order valence-electron chi connectivity index (χ3n) is 2.20. The van der Waals surface area contributed by atoms with E-state index < -0.39 is 0 Å². The van der Waals surface area contributed by atoms with Gasteiger partial charge < -0.3 is 4.74 Å².